The fraction of sp³-hybridized carbons (Fsp3) is 0.800. The van der Waals surface area contributed by atoms with Gasteiger partial charge >= 0.3 is 0 Å². The van der Waals surface area contributed by atoms with Crippen LogP contribution in [0, 0.1) is 5.92 Å². The van der Waals surface area contributed by atoms with Crippen molar-refractivity contribution >= 4 is 15.9 Å². The van der Waals surface area contributed by atoms with E-state index in [0.29, 0.717) is 12.0 Å². The highest BCUT2D eigenvalue weighted by Gasteiger charge is 2.32. The van der Waals surface area contributed by atoms with Gasteiger partial charge in [-0.25, -0.2) is 0 Å². The Morgan fingerprint density at radius 1 is 1.47 bits per heavy atom. The molecular weight excluding hydrogens is 302 g/mol. The standard InChI is InChI=1S/C15H26BrN3/c1-4-8-19-15(14(16)10-18-19)13-7-5-6-12(13)9-17-11(2)3/h10-13,17H,4-9H2,1-3H3. The number of nitrogens with zero attached hydrogens (tertiary/aromatic N) is 2. The molecule has 0 saturated heterocycles. The normalized spacial score (nSPS) is 23.4. The zero-order valence-corrected chi connectivity index (χ0v) is 13.9. The minimum absolute atomic E-state index is 0.574. The average Bonchev–Trinajstić information content (AvgIpc) is 2.94. The van der Waals surface area contributed by atoms with E-state index in [-0.39, 0.29) is 0 Å². The summed E-state index contributed by atoms with van der Waals surface area (Å²) in [5.41, 5.74) is 1.43. The Labute approximate surface area is 125 Å². The lowest BCUT2D eigenvalue weighted by Gasteiger charge is -2.23. The summed E-state index contributed by atoms with van der Waals surface area (Å²) in [5.74, 6) is 1.42. The van der Waals surface area contributed by atoms with Crippen molar-refractivity contribution < 1.29 is 0 Å². The maximum Gasteiger partial charge on any atom is 0.0635 e. The zero-order chi connectivity index (χ0) is 13.8. The molecule has 1 saturated carbocycles. The fourth-order valence-electron chi connectivity index (χ4n) is 3.16. The van der Waals surface area contributed by atoms with Gasteiger partial charge in [0.05, 0.1) is 16.4 Å². The second-order valence-corrected chi connectivity index (χ2v) is 6.82. The molecule has 1 aliphatic rings. The zero-order valence-electron chi connectivity index (χ0n) is 12.3. The second kappa shape index (κ2) is 6.89. The molecule has 108 valence electrons. The Morgan fingerprint density at radius 3 is 2.95 bits per heavy atom. The molecule has 0 aliphatic heterocycles. The minimum atomic E-state index is 0.574. The summed E-state index contributed by atoms with van der Waals surface area (Å²) in [6.07, 6.45) is 7.10. The Balaban J connectivity index is 2.12. The van der Waals surface area contributed by atoms with Crippen LogP contribution < -0.4 is 5.32 Å². The second-order valence-electron chi connectivity index (χ2n) is 5.96. The quantitative estimate of drug-likeness (QED) is 0.857. The average molecular weight is 328 g/mol. The number of nitrogens with one attached hydrogen (secondary N) is 1. The molecule has 1 aromatic heterocycles. The summed E-state index contributed by atoms with van der Waals surface area (Å²) >= 11 is 3.70. The Morgan fingerprint density at radius 2 is 2.26 bits per heavy atom. The third-order valence-corrected chi connectivity index (χ3v) is 4.68. The van der Waals surface area contributed by atoms with Gasteiger partial charge in [-0.1, -0.05) is 27.2 Å². The first-order valence-corrected chi connectivity index (χ1v) is 8.37. The SMILES string of the molecule is CCCn1ncc(Br)c1C1CCCC1CNC(C)C. The molecule has 2 unspecified atom stereocenters. The molecule has 0 aromatic carbocycles. The van der Waals surface area contributed by atoms with E-state index < -0.39 is 0 Å². The number of hydrogen-bond donors (Lipinski definition) is 1. The predicted octanol–water partition coefficient (Wildman–Crippen LogP) is 3.94. The van der Waals surface area contributed by atoms with E-state index >= 15 is 0 Å². The van der Waals surface area contributed by atoms with E-state index in [0.717, 1.165) is 25.4 Å². The van der Waals surface area contributed by atoms with Gasteiger partial charge in [0.1, 0.15) is 0 Å². The van der Waals surface area contributed by atoms with E-state index in [1.165, 1.54) is 29.4 Å². The molecule has 3 nitrogen and oxygen atoms in total. The van der Waals surface area contributed by atoms with Crippen LogP contribution in [0.5, 0.6) is 0 Å². The van der Waals surface area contributed by atoms with Crippen molar-refractivity contribution in [2.24, 2.45) is 5.92 Å². The number of halogens is 1. The molecule has 1 N–H and O–H groups in total. The van der Waals surface area contributed by atoms with Crippen molar-refractivity contribution in [3.05, 3.63) is 16.4 Å². The highest BCUT2D eigenvalue weighted by Crippen LogP contribution is 2.42. The highest BCUT2D eigenvalue weighted by molar-refractivity contribution is 9.10. The number of rotatable bonds is 6. The third-order valence-electron chi connectivity index (χ3n) is 4.07. The maximum absolute atomic E-state index is 4.53. The highest BCUT2D eigenvalue weighted by atomic mass is 79.9. The summed E-state index contributed by atoms with van der Waals surface area (Å²) < 4.78 is 3.41. The van der Waals surface area contributed by atoms with Crippen molar-refractivity contribution in [1.29, 1.82) is 0 Å². The van der Waals surface area contributed by atoms with E-state index in [1.54, 1.807) is 0 Å². The van der Waals surface area contributed by atoms with Crippen molar-refractivity contribution in [2.45, 2.75) is 65.0 Å². The van der Waals surface area contributed by atoms with E-state index in [9.17, 15) is 0 Å². The van der Waals surface area contributed by atoms with Crippen LogP contribution >= 0.6 is 15.9 Å². The Hall–Kier alpha value is -0.350. The van der Waals surface area contributed by atoms with Gasteiger partial charge in [0.2, 0.25) is 0 Å². The molecule has 0 spiro atoms. The summed E-state index contributed by atoms with van der Waals surface area (Å²) in [6, 6.07) is 0.574. The predicted molar refractivity (Wildman–Crippen MR) is 83.4 cm³/mol. The summed E-state index contributed by atoms with van der Waals surface area (Å²) in [6.45, 7) is 8.82. The van der Waals surface area contributed by atoms with Gasteiger partial charge in [0.25, 0.3) is 0 Å². The monoisotopic (exact) mass is 327 g/mol. The molecule has 1 heterocycles. The van der Waals surface area contributed by atoms with E-state index in [2.05, 4.69) is 51.8 Å². The van der Waals surface area contributed by atoms with Gasteiger partial charge in [-0.2, -0.15) is 5.10 Å². The first-order chi connectivity index (χ1) is 9.13. The molecule has 0 amide bonds. The lowest BCUT2D eigenvalue weighted by Crippen LogP contribution is -2.30. The van der Waals surface area contributed by atoms with Gasteiger partial charge < -0.3 is 5.32 Å². The van der Waals surface area contributed by atoms with Crippen molar-refractivity contribution in [2.75, 3.05) is 6.54 Å². The minimum Gasteiger partial charge on any atom is -0.314 e. The smallest absolute Gasteiger partial charge is 0.0635 e. The van der Waals surface area contributed by atoms with Crippen molar-refractivity contribution in [3.8, 4) is 0 Å². The van der Waals surface area contributed by atoms with Crippen LogP contribution in [-0.2, 0) is 6.54 Å². The number of aryl methyl sites for hydroxylation is 1. The molecule has 1 aliphatic carbocycles. The largest absolute Gasteiger partial charge is 0.314 e. The molecule has 19 heavy (non-hydrogen) atoms. The Kier molecular flexibility index (Phi) is 5.46. The van der Waals surface area contributed by atoms with Crippen LogP contribution in [0.2, 0.25) is 0 Å². The molecule has 2 atom stereocenters. The summed E-state index contributed by atoms with van der Waals surface area (Å²) in [5, 5.41) is 8.13. The molecule has 1 aromatic rings. The summed E-state index contributed by atoms with van der Waals surface area (Å²) in [7, 11) is 0. The summed E-state index contributed by atoms with van der Waals surface area (Å²) in [4.78, 5) is 0. The lowest BCUT2D eigenvalue weighted by atomic mass is 9.92. The van der Waals surface area contributed by atoms with Crippen molar-refractivity contribution in [3.63, 3.8) is 0 Å². The fourth-order valence-corrected chi connectivity index (χ4v) is 3.75. The van der Waals surface area contributed by atoms with Gasteiger partial charge in [-0.05, 0) is 47.7 Å². The van der Waals surface area contributed by atoms with Crippen LogP contribution in [0.1, 0.15) is 58.1 Å². The molecule has 0 bridgehead atoms. The van der Waals surface area contributed by atoms with Crippen LogP contribution in [0.15, 0.2) is 10.7 Å². The number of hydrogen-bond acceptors (Lipinski definition) is 2. The van der Waals surface area contributed by atoms with Crippen LogP contribution in [-0.4, -0.2) is 22.4 Å². The maximum atomic E-state index is 4.53. The van der Waals surface area contributed by atoms with E-state index in [4.69, 9.17) is 0 Å². The van der Waals surface area contributed by atoms with Gasteiger partial charge in [-0.15, -0.1) is 0 Å². The van der Waals surface area contributed by atoms with Gasteiger partial charge in [-0.3, -0.25) is 4.68 Å². The van der Waals surface area contributed by atoms with Crippen molar-refractivity contribution in [1.82, 2.24) is 15.1 Å². The van der Waals surface area contributed by atoms with Crippen LogP contribution in [0.25, 0.3) is 0 Å². The molecule has 4 heteroatoms. The van der Waals surface area contributed by atoms with E-state index in [1.807, 2.05) is 6.20 Å². The molecule has 2 rings (SSSR count). The number of aromatic nitrogens is 2. The Bertz CT molecular complexity index is 400. The first-order valence-electron chi connectivity index (χ1n) is 7.58. The van der Waals surface area contributed by atoms with Gasteiger partial charge in [0, 0.05) is 18.5 Å². The van der Waals surface area contributed by atoms with Gasteiger partial charge in [0.15, 0.2) is 0 Å². The topological polar surface area (TPSA) is 29.9 Å². The molecule has 1 fully saturated rings. The first kappa shape index (κ1) is 15.0. The molecular formula is C15H26BrN3. The van der Waals surface area contributed by atoms with Crippen LogP contribution in [0.4, 0.5) is 0 Å². The van der Waals surface area contributed by atoms with Crippen LogP contribution in [0.3, 0.4) is 0 Å². The third kappa shape index (κ3) is 3.60. The molecule has 0 radical (unpaired) electrons. The lowest BCUT2D eigenvalue weighted by molar-refractivity contribution is 0.401.